The molecule has 0 aliphatic carbocycles. The minimum Gasteiger partial charge on any atom is -0.287 e. The molecule has 48 valence electrons. The lowest BCUT2D eigenvalue weighted by Gasteiger charge is -2.08. The Hall–Kier alpha value is -0.810. The molecule has 1 unspecified atom stereocenters. The normalized spacial score (nSPS) is 28.4. The number of nitriles is 1. The van der Waals surface area contributed by atoms with Gasteiger partial charge in [0.25, 0.3) is 0 Å². The SMILES string of the molecule is C=C1CC(C#N)N(C)C1. The fraction of sp³-hybridized carbons (Fsp3) is 0.571. The first kappa shape index (κ1) is 6.31. The molecule has 1 atom stereocenters. The Bertz CT molecular complexity index is 166. The summed E-state index contributed by atoms with van der Waals surface area (Å²) in [6.45, 7) is 4.70. The fourth-order valence-electron chi connectivity index (χ4n) is 1.10. The van der Waals surface area contributed by atoms with Gasteiger partial charge in [0.05, 0.1) is 6.07 Å². The van der Waals surface area contributed by atoms with E-state index in [2.05, 4.69) is 12.6 Å². The van der Waals surface area contributed by atoms with Crippen molar-refractivity contribution in [3.63, 3.8) is 0 Å². The summed E-state index contributed by atoms with van der Waals surface area (Å²) in [5, 5.41) is 8.52. The van der Waals surface area contributed by atoms with Gasteiger partial charge in [-0.3, -0.25) is 4.90 Å². The molecule has 1 saturated heterocycles. The molecule has 0 amide bonds. The first-order valence-electron chi connectivity index (χ1n) is 3.00. The third-order valence-corrected chi connectivity index (χ3v) is 1.64. The van der Waals surface area contributed by atoms with Crippen LogP contribution in [0, 0.1) is 11.3 Å². The fourth-order valence-corrected chi connectivity index (χ4v) is 1.10. The summed E-state index contributed by atoms with van der Waals surface area (Å²) in [5.74, 6) is 0. The van der Waals surface area contributed by atoms with Crippen molar-refractivity contribution in [2.45, 2.75) is 12.5 Å². The molecule has 0 aromatic carbocycles. The van der Waals surface area contributed by atoms with Crippen molar-refractivity contribution in [2.24, 2.45) is 0 Å². The largest absolute Gasteiger partial charge is 0.287 e. The molecule has 0 N–H and O–H groups in total. The quantitative estimate of drug-likeness (QED) is 0.444. The maximum absolute atomic E-state index is 8.52. The molecule has 0 aromatic heterocycles. The van der Waals surface area contributed by atoms with Crippen LogP contribution < -0.4 is 0 Å². The Balaban J connectivity index is 2.60. The summed E-state index contributed by atoms with van der Waals surface area (Å²) in [6.07, 6.45) is 0.854. The predicted octanol–water partition coefficient (Wildman–Crippen LogP) is 0.770. The van der Waals surface area contributed by atoms with Crippen molar-refractivity contribution in [3.8, 4) is 6.07 Å². The van der Waals surface area contributed by atoms with E-state index in [1.807, 2.05) is 11.9 Å². The van der Waals surface area contributed by atoms with Crippen LogP contribution in [0.1, 0.15) is 6.42 Å². The van der Waals surface area contributed by atoms with Crippen LogP contribution in [0.2, 0.25) is 0 Å². The molecule has 2 nitrogen and oxygen atoms in total. The lowest BCUT2D eigenvalue weighted by molar-refractivity contribution is 0.366. The zero-order valence-electron chi connectivity index (χ0n) is 5.59. The van der Waals surface area contributed by atoms with Crippen LogP contribution in [0.3, 0.4) is 0 Å². The Kier molecular flexibility index (Phi) is 1.54. The number of hydrogen-bond acceptors (Lipinski definition) is 2. The predicted molar refractivity (Wildman–Crippen MR) is 35.8 cm³/mol. The van der Waals surface area contributed by atoms with E-state index >= 15 is 0 Å². The van der Waals surface area contributed by atoms with Crippen LogP contribution in [0.5, 0.6) is 0 Å². The van der Waals surface area contributed by atoms with E-state index in [-0.39, 0.29) is 6.04 Å². The van der Waals surface area contributed by atoms with E-state index in [9.17, 15) is 0 Å². The Labute approximate surface area is 55.4 Å². The molecule has 0 aromatic rings. The van der Waals surface area contributed by atoms with Crippen molar-refractivity contribution >= 4 is 0 Å². The Morgan fingerprint density at radius 3 is 2.78 bits per heavy atom. The summed E-state index contributed by atoms with van der Waals surface area (Å²) in [6, 6.07) is 2.29. The maximum atomic E-state index is 8.52. The first-order valence-corrected chi connectivity index (χ1v) is 3.00. The van der Waals surface area contributed by atoms with Gasteiger partial charge in [0.1, 0.15) is 6.04 Å². The number of hydrogen-bond donors (Lipinski definition) is 0. The van der Waals surface area contributed by atoms with Gasteiger partial charge >= 0.3 is 0 Å². The number of nitrogens with zero attached hydrogens (tertiary/aromatic N) is 2. The van der Waals surface area contributed by atoms with E-state index in [0.29, 0.717) is 0 Å². The minimum atomic E-state index is 0.0810. The third-order valence-electron chi connectivity index (χ3n) is 1.64. The third kappa shape index (κ3) is 1.11. The van der Waals surface area contributed by atoms with Gasteiger partial charge in [0.2, 0.25) is 0 Å². The van der Waals surface area contributed by atoms with Crippen molar-refractivity contribution in [2.75, 3.05) is 13.6 Å². The van der Waals surface area contributed by atoms with Crippen molar-refractivity contribution in [3.05, 3.63) is 12.2 Å². The zero-order chi connectivity index (χ0) is 6.85. The average Bonchev–Trinajstić information content (AvgIpc) is 2.10. The monoisotopic (exact) mass is 122 g/mol. The smallest absolute Gasteiger partial charge is 0.102 e. The van der Waals surface area contributed by atoms with Gasteiger partial charge in [-0.2, -0.15) is 5.26 Å². The first-order chi connectivity index (χ1) is 4.24. The topological polar surface area (TPSA) is 27.0 Å². The van der Waals surface area contributed by atoms with Crippen molar-refractivity contribution < 1.29 is 0 Å². The summed E-state index contributed by atoms with van der Waals surface area (Å²) in [4.78, 5) is 2.02. The molecule has 0 radical (unpaired) electrons. The highest BCUT2D eigenvalue weighted by atomic mass is 15.1. The van der Waals surface area contributed by atoms with Crippen molar-refractivity contribution in [1.29, 1.82) is 5.26 Å². The van der Waals surface area contributed by atoms with E-state index in [1.54, 1.807) is 0 Å². The summed E-state index contributed by atoms with van der Waals surface area (Å²) >= 11 is 0. The second-order valence-corrected chi connectivity index (χ2v) is 2.51. The zero-order valence-corrected chi connectivity index (χ0v) is 5.59. The molecule has 1 aliphatic rings. The van der Waals surface area contributed by atoms with Gasteiger partial charge in [-0.15, -0.1) is 0 Å². The van der Waals surface area contributed by atoms with Crippen LogP contribution >= 0.6 is 0 Å². The molecule has 0 spiro atoms. The Morgan fingerprint density at radius 1 is 1.89 bits per heavy atom. The molecule has 2 heteroatoms. The van der Waals surface area contributed by atoms with Crippen molar-refractivity contribution in [1.82, 2.24) is 4.90 Å². The standard InChI is InChI=1S/C7H10N2/c1-6-3-7(4-8)9(2)5-6/h7H,1,3,5H2,2H3. The van der Waals surface area contributed by atoms with Crippen LogP contribution in [0.25, 0.3) is 0 Å². The van der Waals surface area contributed by atoms with Crippen LogP contribution in [-0.4, -0.2) is 24.5 Å². The van der Waals surface area contributed by atoms with Crippen LogP contribution in [-0.2, 0) is 0 Å². The molecule has 1 aliphatic heterocycles. The summed E-state index contributed by atoms with van der Waals surface area (Å²) < 4.78 is 0. The molecule has 1 heterocycles. The van der Waals surface area contributed by atoms with Gasteiger partial charge < -0.3 is 0 Å². The molecular weight excluding hydrogens is 112 g/mol. The molecular formula is C7H10N2. The van der Waals surface area contributed by atoms with Crippen LogP contribution in [0.15, 0.2) is 12.2 Å². The van der Waals surface area contributed by atoms with E-state index in [1.165, 1.54) is 5.57 Å². The minimum absolute atomic E-state index is 0.0810. The number of likely N-dealkylation sites (tertiary alicyclic amines) is 1. The summed E-state index contributed by atoms with van der Waals surface area (Å²) in [7, 11) is 1.95. The van der Waals surface area contributed by atoms with E-state index < -0.39 is 0 Å². The van der Waals surface area contributed by atoms with Gasteiger partial charge in [0, 0.05) is 6.54 Å². The van der Waals surface area contributed by atoms with E-state index in [0.717, 1.165) is 13.0 Å². The molecule has 1 fully saturated rings. The molecule has 9 heavy (non-hydrogen) atoms. The highest BCUT2D eigenvalue weighted by molar-refractivity contribution is 5.13. The average molecular weight is 122 g/mol. The lowest BCUT2D eigenvalue weighted by Crippen LogP contribution is -2.22. The van der Waals surface area contributed by atoms with Gasteiger partial charge in [0.15, 0.2) is 0 Å². The molecule has 1 rings (SSSR count). The van der Waals surface area contributed by atoms with Gasteiger partial charge in [-0.05, 0) is 13.5 Å². The molecule has 0 bridgehead atoms. The Morgan fingerprint density at radius 2 is 2.56 bits per heavy atom. The van der Waals surface area contributed by atoms with Gasteiger partial charge in [-0.25, -0.2) is 0 Å². The lowest BCUT2D eigenvalue weighted by atomic mass is 10.2. The second kappa shape index (κ2) is 2.20. The highest BCUT2D eigenvalue weighted by Gasteiger charge is 2.22. The molecule has 0 saturated carbocycles. The number of likely N-dealkylation sites (N-methyl/N-ethyl adjacent to an activating group) is 1. The highest BCUT2D eigenvalue weighted by Crippen LogP contribution is 2.17. The maximum Gasteiger partial charge on any atom is 0.102 e. The second-order valence-electron chi connectivity index (χ2n) is 2.51. The number of rotatable bonds is 0. The van der Waals surface area contributed by atoms with E-state index in [4.69, 9.17) is 5.26 Å². The summed E-state index contributed by atoms with van der Waals surface area (Å²) in [5.41, 5.74) is 1.17. The van der Waals surface area contributed by atoms with Crippen LogP contribution in [0.4, 0.5) is 0 Å². The van der Waals surface area contributed by atoms with Gasteiger partial charge in [-0.1, -0.05) is 12.2 Å².